The maximum atomic E-state index is 11.8. The first-order chi connectivity index (χ1) is 8.64. The summed E-state index contributed by atoms with van der Waals surface area (Å²) in [5.74, 6) is -1.68. The minimum absolute atomic E-state index is 0.125. The summed E-state index contributed by atoms with van der Waals surface area (Å²) in [6.45, 7) is 4.89. The first-order valence-corrected chi connectivity index (χ1v) is 5.78. The van der Waals surface area contributed by atoms with E-state index < -0.39 is 30.0 Å². The fourth-order valence-electron chi connectivity index (χ4n) is 1.25. The van der Waals surface area contributed by atoms with Gasteiger partial charge < -0.3 is 25.8 Å². The molecule has 0 unspecified atom stereocenters. The minimum atomic E-state index is -1.09. The molecule has 4 N–H and O–H groups in total. The molecule has 0 spiro atoms. The van der Waals surface area contributed by atoms with E-state index in [9.17, 15) is 14.4 Å². The molecule has 0 aromatic carbocycles. The van der Waals surface area contributed by atoms with Gasteiger partial charge in [0, 0.05) is 12.1 Å². The van der Waals surface area contributed by atoms with E-state index in [1.54, 1.807) is 20.8 Å². The predicted molar refractivity (Wildman–Crippen MR) is 67.5 cm³/mol. The van der Waals surface area contributed by atoms with Crippen molar-refractivity contribution in [3.05, 3.63) is 0 Å². The van der Waals surface area contributed by atoms with Gasteiger partial charge in [0.2, 0.25) is 5.91 Å². The van der Waals surface area contributed by atoms with Crippen LogP contribution in [0.4, 0.5) is 4.79 Å². The van der Waals surface area contributed by atoms with Crippen molar-refractivity contribution >= 4 is 17.9 Å². The fourth-order valence-corrected chi connectivity index (χ4v) is 1.25. The Morgan fingerprint density at radius 2 is 1.89 bits per heavy atom. The lowest BCUT2D eigenvalue weighted by atomic mass is 10.1. The largest absolute Gasteiger partial charge is 0.480 e. The van der Waals surface area contributed by atoms with Crippen molar-refractivity contribution in [1.29, 1.82) is 0 Å². The van der Waals surface area contributed by atoms with Crippen LogP contribution in [0.3, 0.4) is 0 Å². The molecule has 0 aliphatic heterocycles. The molecule has 3 amide bonds. The molecule has 0 bridgehead atoms. The Balaban J connectivity index is 4.19. The van der Waals surface area contributed by atoms with Crippen LogP contribution in [0.25, 0.3) is 0 Å². The van der Waals surface area contributed by atoms with E-state index >= 15 is 0 Å². The molecular formula is C11H21N3O5. The van der Waals surface area contributed by atoms with Crippen LogP contribution in [0, 0.1) is 0 Å². The van der Waals surface area contributed by atoms with E-state index in [1.807, 2.05) is 0 Å². The summed E-state index contributed by atoms with van der Waals surface area (Å²) in [7, 11) is 0. The number of carbonyl (C=O) groups excluding carboxylic acids is 2. The third-order valence-electron chi connectivity index (χ3n) is 2.12. The second-order valence-corrected chi connectivity index (χ2v) is 4.90. The zero-order valence-electron chi connectivity index (χ0n) is 11.4. The summed E-state index contributed by atoms with van der Waals surface area (Å²) in [4.78, 5) is 34.1. The number of hydrogen-bond acceptors (Lipinski definition) is 4. The van der Waals surface area contributed by atoms with Crippen LogP contribution in [0.2, 0.25) is 0 Å². The van der Waals surface area contributed by atoms with Gasteiger partial charge in [-0.15, -0.1) is 0 Å². The number of nitrogens with one attached hydrogen (secondary N) is 1. The molecule has 0 rings (SSSR count). The second kappa shape index (κ2) is 7.57. The molecule has 0 radical (unpaired) electrons. The van der Waals surface area contributed by atoms with Crippen LogP contribution < -0.4 is 11.1 Å². The van der Waals surface area contributed by atoms with E-state index in [-0.39, 0.29) is 19.8 Å². The molecule has 19 heavy (non-hydrogen) atoms. The third kappa shape index (κ3) is 7.98. The number of aliphatic carboxylic acids is 1. The molecule has 0 heterocycles. The highest BCUT2D eigenvalue weighted by Gasteiger charge is 2.28. The van der Waals surface area contributed by atoms with Crippen LogP contribution in [-0.2, 0) is 14.3 Å². The highest BCUT2D eigenvalue weighted by molar-refractivity contribution is 5.80. The van der Waals surface area contributed by atoms with Gasteiger partial charge in [-0.3, -0.25) is 9.59 Å². The van der Waals surface area contributed by atoms with Crippen molar-refractivity contribution < 1.29 is 24.2 Å². The Hall–Kier alpha value is -1.83. The number of amides is 3. The van der Waals surface area contributed by atoms with Gasteiger partial charge in [-0.05, 0) is 20.8 Å². The molecule has 0 aliphatic carbocycles. The van der Waals surface area contributed by atoms with Crippen molar-refractivity contribution in [2.75, 3.05) is 26.3 Å². The Morgan fingerprint density at radius 1 is 1.32 bits per heavy atom. The molecule has 8 nitrogen and oxygen atoms in total. The van der Waals surface area contributed by atoms with Crippen LogP contribution in [0.15, 0.2) is 0 Å². The molecule has 0 aromatic heterocycles. The maximum absolute atomic E-state index is 11.8. The molecule has 0 saturated heterocycles. The van der Waals surface area contributed by atoms with Gasteiger partial charge in [0.15, 0.2) is 0 Å². The molecule has 110 valence electrons. The van der Waals surface area contributed by atoms with Crippen LogP contribution >= 0.6 is 0 Å². The first kappa shape index (κ1) is 17.2. The summed E-state index contributed by atoms with van der Waals surface area (Å²) in [5.41, 5.74) is 4.26. The molecule has 0 aromatic rings. The quantitative estimate of drug-likeness (QED) is 0.535. The maximum Gasteiger partial charge on any atom is 0.323 e. The van der Waals surface area contributed by atoms with Gasteiger partial charge in [-0.25, -0.2) is 4.79 Å². The van der Waals surface area contributed by atoms with E-state index in [1.165, 1.54) is 4.90 Å². The van der Waals surface area contributed by atoms with Crippen molar-refractivity contribution in [3.63, 3.8) is 0 Å². The van der Waals surface area contributed by atoms with Crippen molar-refractivity contribution in [1.82, 2.24) is 10.2 Å². The zero-order valence-corrected chi connectivity index (χ0v) is 11.4. The number of nitrogens with two attached hydrogens (primary N) is 1. The minimum Gasteiger partial charge on any atom is -0.480 e. The molecule has 0 aliphatic rings. The molecule has 0 atom stereocenters. The number of hydrogen-bond donors (Lipinski definition) is 3. The standard InChI is InChI=1S/C11H21N3O5/c1-11(2,3)14(6-9(16)17)10(18)13-4-5-19-7-8(12)15/h4-7H2,1-3H3,(H2,12,15)(H,13,18)(H,16,17). The van der Waals surface area contributed by atoms with E-state index in [0.29, 0.717) is 0 Å². The Bertz CT molecular complexity index is 338. The summed E-state index contributed by atoms with van der Waals surface area (Å²) in [6.07, 6.45) is 0. The fraction of sp³-hybridized carbons (Fsp3) is 0.727. The SMILES string of the molecule is CC(C)(C)N(CC(=O)O)C(=O)NCCOCC(N)=O. The molecule has 0 fully saturated rings. The molecular weight excluding hydrogens is 254 g/mol. The number of nitrogens with zero attached hydrogens (tertiary/aromatic N) is 1. The van der Waals surface area contributed by atoms with Gasteiger partial charge in [0.05, 0.1) is 6.61 Å². The Labute approximate surface area is 111 Å². The lowest BCUT2D eigenvalue weighted by Gasteiger charge is -2.34. The molecule has 0 saturated carbocycles. The Morgan fingerprint density at radius 3 is 2.32 bits per heavy atom. The van der Waals surface area contributed by atoms with Crippen LogP contribution in [0.1, 0.15) is 20.8 Å². The first-order valence-electron chi connectivity index (χ1n) is 5.78. The monoisotopic (exact) mass is 275 g/mol. The highest BCUT2D eigenvalue weighted by Crippen LogP contribution is 2.12. The number of carboxylic acids is 1. The average molecular weight is 275 g/mol. The van der Waals surface area contributed by atoms with Crippen molar-refractivity contribution in [2.45, 2.75) is 26.3 Å². The van der Waals surface area contributed by atoms with Gasteiger partial charge >= 0.3 is 12.0 Å². The number of primary amides is 1. The number of carboxylic acid groups (broad SMARTS) is 1. The number of carbonyl (C=O) groups is 3. The number of rotatable bonds is 7. The predicted octanol–water partition coefficient (Wildman–Crippen LogP) is -0.617. The van der Waals surface area contributed by atoms with Gasteiger partial charge in [-0.1, -0.05) is 0 Å². The van der Waals surface area contributed by atoms with Crippen LogP contribution in [0.5, 0.6) is 0 Å². The normalized spacial score (nSPS) is 10.9. The van der Waals surface area contributed by atoms with E-state index in [4.69, 9.17) is 15.6 Å². The van der Waals surface area contributed by atoms with Gasteiger partial charge in [-0.2, -0.15) is 0 Å². The van der Waals surface area contributed by atoms with E-state index in [0.717, 1.165) is 0 Å². The van der Waals surface area contributed by atoms with Gasteiger partial charge in [0.25, 0.3) is 0 Å². The number of ether oxygens (including phenoxy) is 1. The van der Waals surface area contributed by atoms with Crippen molar-refractivity contribution in [2.24, 2.45) is 5.73 Å². The van der Waals surface area contributed by atoms with Crippen LogP contribution in [-0.4, -0.2) is 59.8 Å². The lowest BCUT2D eigenvalue weighted by molar-refractivity contribution is -0.138. The Kier molecular flexibility index (Phi) is 6.84. The van der Waals surface area contributed by atoms with E-state index in [2.05, 4.69) is 5.32 Å². The van der Waals surface area contributed by atoms with Gasteiger partial charge in [0.1, 0.15) is 13.2 Å². The average Bonchev–Trinajstić information content (AvgIpc) is 2.23. The smallest absolute Gasteiger partial charge is 0.323 e. The third-order valence-corrected chi connectivity index (χ3v) is 2.12. The van der Waals surface area contributed by atoms with Crippen molar-refractivity contribution in [3.8, 4) is 0 Å². The summed E-state index contributed by atoms with van der Waals surface area (Å²) in [6, 6.07) is -0.502. The number of urea groups is 1. The topological polar surface area (TPSA) is 122 Å². The zero-order chi connectivity index (χ0) is 15.1. The summed E-state index contributed by atoms with van der Waals surface area (Å²) in [5, 5.41) is 11.3. The summed E-state index contributed by atoms with van der Waals surface area (Å²) < 4.78 is 4.87. The summed E-state index contributed by atoms with van der Waals surface area (Å²) >= 11 is 0. The molecule has 8 heteroatoms. The second-order valence-electron chi connectivity index (χ2n) is 4.90. The lowest BCUT2D eigenvalue weighted by Crippen LogP contribution is -2.52. The highest BCUT2D eigenvalue weighted by atomic mass is 16.5.